The van der Waals surface area contributed by atoms with Gasteiger partial charge in [0.25, 0.3) is 0 Å². The highest BCUT2D eigenvalue weighted by atomic mass is 79.9. The molecule has 0 heterocycles. The number of benzene rings is 1. The molecule has 0 spiro atoms. The summed E-state index contributed by atoms with van der Waals surface area (Å²) in [6.07, 6.45) is 2.32. The maximum absolute atomic E-state index is 9.80. The molecule has 1 atom stereocenters. The molecule has 0 bridgehead atoms. The van der Waals surface area contributed by atoms with E-state index in [2.05, 4.69) is 22.5 Å². The Bertz CT molecular complexity index is 371. The van der Waals surface area contributed by atoms with Gasteiger partial charge in [0.2, 0.25) is 0 Å². The van der Waals surface area contributed by atoms with Crippen LogP contribution < -0.4 is 10.5 Å². The number of hydrogen-bond donors (Lipinski definition) is 2. The normalized spacial score (nSPS) is 11.4. The fourth-order valence-corrected chi connectivity index (χ4v) is 1.76. The van der Waals surface area contributed by atoms with Crippen LogP contribution in [0, 0.1) is 0 Å². The highest BCUT2D eigenvalue weighted by molar-refractivity contribution is 9.10. The first-order chi connectivity index (χ1) is 7.10. The van der Waals surface area contributed by atoms with Gasteiger partial charge in [-0.05, 0) is 34.5 Å². The lowest BCUT2D eigenvalue weighted by Crippen LogP contribution is -2.09. The van der Waals surface area contributed by atoms with Crippen molar-refractivity contribution in [3.63, 3.8) is 0 Å². The number of phenols is 1. The van der Waals surface area contributed by atoms with Crippen LogP contribution in [0.4, 0.5) is 0 Å². The van der Waals surface area contributed by atoms with Gasteiger partial charge in [0.1, 0.15) is 11.5 Å². The Labute approximate surface area is 110 Å². The van der Waals surface area contributed by atoms with E-state index in [9.17, 15) is 5.11 Å². The lowest BCUT2D eigenvalue weighted by molar-refractivity contribution is 0.408. The Hall–Kier alpha value is -0.710. The number of nitrogens with two attached hydrogens (primary N) is 1. The molecule has 1 aromatic carbocycles. The van der Waals surface area contributed by atoms with E-state index < -0.39 is 0 Å². The van der Waals surface area contributed by atoms with Crippen molar-refractivity contribution < 1.29 is 9.84 Å². The number of phenolic OH excluding ortho intramolecular Hbond substituents is 1. The molecule has 3 N–H and O–H groups in total. The van der Waals surface area contributed by atoms with Gasteiger partial charge >= 0.3 is 0 Å². The molecule has 0 radical (unpaired) electrons. The molecule has 5 heteroatoms. The van der Waals surface area contributed by atoms with Crippen LogP contribution in [0.1, 0.15) is 18.0 Å². The Balaban J connectivity index is 0.00000225. The van der Waals surface area contributed by atoms with Crippen molar-refractivity contribution >= 4 is 28.3 Å². The lowest BCUT2D eigenvalue weighted by Gasteiger charge is -2.14. The molecule has 1 aromatic rings. The highest BCUT2D eigenvalue weighted by Crippen LogP contribution is 2.36. The molecule has 90 valence electrons. The monoisotopic (exact) mass is 307 g/mol. The molecule has 0 aromatic heterocycles. The SMILES string of the molecule is C=CC[C@@H](N)c1cc(OC)cc(Br)c1O.Cl. The fourth-order valence-electron chi connectivity index (χ4n) is 1.30. The summed E-state index contributed by atoms with van der Waals surface area (Å²) in [6.45, 7) is 3.62. The first kappa shape index (κ1) is 15.3. The summed E-state index contributed by atoms with van der Waals surface area (Å²) < 4.78 is 5.68. The third kappa shape index (κ3) is 3.40. The van der Waals surface area contributed by atoms with Crippen LogP contribution in [0.2, 0.25) is 0 Å². The summed E-state index contributed by atoms with van der Waals surface area (Å²) in [7, 11) is 1.57. The van der Waals surface area contributed by atoms with Crippen LogP contribution in [-0.4, -0.2) is 12.2 Å². The molecule has 3 nitrogen and oxygen atoms in total. The average Bonchev–Trinajstić information content (AvgIpc) is 2.22. The summed E-state index contributed by atoms with van der Waals surface area (Å²) in [5.41, 5.74) is 6.55. The number of rotatable bonds is 4. The Morgan fingerprint density at radius 2 is 2.25 bits per heavy atom. The van der Waals surface area contributed by atoms with E-state index in [0.717, 1.165) is 0 Å². The van der Waals surface area contributed by atoms with Crippen molar-refractivity contribution in [3.05, 3.63) is 34.8 Å². The molecule has 0 saturated heterocycles. The van der Waals surface area contributed by atoms with Crippen molar-refractivity contribution in [2.45, 2.75) is 12.5 Å². The van der Waals surface area contributed by atoms with Crippen molar-refractivity contribution in [3.8, 4) is 11.5 Å². The maximum Gasteiger partial charge on any atom is 0.134 e. The van der Waals surface area contributed by atoms with Crippen LogP contribution in [0.3, 0.4) is 0 Å². The zero-order valence-corrected chi connectivity index (χ0v) is 11.3. The van der Waals surface area contributed by atoms with Gasteiger partial charge in [0.15, 0.2) is 0 Å². The summed E-state index contributed by atoms with van der Waals surface area (Å²) in [5.74, 6) is 0.819. The maximum atomic E-state index is 9.80. The van der Waals surface area contributed by atoms with Crippen LogP contribution in [0.25, 0.3) is 0 Å². The number of methoxy groups -OCH3 is 1. The minimum Gasteiger partial charge on any atom is -0.506 e. The third-order valence-electron chi connectivity index (χ3n) is 2.12. The second-order valence-electron chi connectivity index (χ2n) is 3.18. The standard InChI is InChI=1S/C11H14BrNO2.ClH/c1-3-4-10(13)8-5-7(15-2)6-9(12)11(8)14;/h3,5-6,10,14H,1,4,13H2,2H3;1H/t10-;/m1./s1. The molecular formula is C11H15BrClNO2. The minimum atomic E-state index is -0.270. The zero-order chi connectivity index (χ0) is 11.4. The van der Waals surface area contributed by atoms with Crippen molar-refractivity contribution in [1.82, 2.24) is 0 Å². The van der Waals surface area contributed by atoms with Crippen molar-refractivity contribution in [2.24, 2.45) is 5.73 Å². The van der Waals surface area contributed by atoms with Crippen LogP contribution in [0.5, 0.6) is 11.5 Å². The number of aromatic hydroxyl groups is 1. The number of hydrogen-bond acceptors (Lipinski definition) is 3. The van der Waals surface area contributed by atoms with Gasteiger partial charge in [-0.1, -0.05) is 6.08 Å². The number of ether oxygens (including phenoxy) is 1. The second kappa shape index (κ2) is 6.78. The van der Waals surface area contributed by atoms with E-state index in [1.54, 1.807) is 25.3 Å². The van der Waals surface area contributed by atoms with Gasteiger partial charge in [-0.3, -0.25) is 0 Å². The first-order valence-electron chi connectivity index (χ1n) is 4.53. The van der Waals surface area contributed by atoms with Gasteiger partial charge in [-0.2, -0.15) is 0 Å². The van der Waals surface area contributed by atoms with Crippen LogP contribution >= 0.6 is 28.3 Å². The Morgan fingerprint density at radius 1 is 1.62 bits per heavy atom. The van der Waals surface area contributed by atoms with Gasteiger partial charge in [0.05, 0.1) is 11.6 Å². The van der Waals surface area contributed by atoms with E-state index in [1.807, 2.05) is 0 Å². The molecule has 0 unspecified atom stereocenters. The van der Waals surface area contributed by atoms with E-state index in [1.165, 1.54) is 0 Å². The predicted molar refractivity (Wildman–Crippen MR) is 71.3 cm³/mol. The second-order valence-corrected chi connectivity index (χ2v) is 4.03. The molecule has 0 aliphatic carbocycles. The smallest absolute Gasteiger partial charge is 0.134 e. The van der Waals surface area contributed by atoms with Crippen molar-refractivity contribution in [2.75, 3.05) is 7.11 Å². The van der Waals surface area contributed by atoms with E-state index >= 15 is 0 Å². The summed E-state index contributed by atoms with van der Waals surface area (Å²) in [6, 6.07) is 3.15. The molecule has 0 fully saturated rings. The molecule has 0 aliphatic heterocycles. The topological polar surface area (TPSA) is 55.5 Å². The first-order valence-corrected chi connectivity index (χ1v) is 5.32. The molecule has 1 rings (SSSR count). The fraction of sp³-hybridized carbons (Fsp3) is 0.273. The Kier molecular flexibility index (Phi) is 6.48. The predicted octanol–water partition coefficient (Wildman–Crippen LogP) is 3.16. The van der Waals surface area contributed by atoms with Crippen LogP contribution in [0.15, 0.2) is 29.3 Å². The van der Waals surface area contributed by atoms with Crippen LogP contribution in [-0.2, 0) is 0 Å². The molecule has 16 heavy (non-hydrogen) atoms. The molecule has 0 amide bonds. The minimum absolute atomic E-state index is 0. The molecule has 0 saturated carbocycles. The highest BCUT2D eigenvalue weighted by Gasteiger charge is 2.14. The van der Waals surface area contributed by atoms with Gasteiger partial charge in [-0.15, -0.1) is 19.0 Å². The van der Waals surface area contributed by atoms with E-state index in [0.29, 0.717) is 22.2 Å². The van der Waals surface area contributed by atoms with Gasteiger partial charge in [0, 0.05) is 11.6 Å². The summed E-state index contributed by atoms with van der Waals surface area (Å²) in [5, 5.41) is 9.80. The largest absolute Gasteiger partial charge is 0.506 e. The van der Waals surface area contributed by atoms with Gasteiger partial charge < -0.3 is 15.6 Å². The third-order valence-corrected chi connectivity index (χ3v) is 2.73. The quantitative estimate of drug-likeness (QED) is 0.840. The Morgan fingerprint density at radius 3 is 2.75 bits per heavy atom. The zero-order valence-electron chi connectivity index (χ0n) is 8.94. The summed E-state index contributed by atoms with van der Waals surface area (Å²) >= 11 is 3.25. The average molecular weight is 309 g/mol. The molecular weight excluding hydrogens is 293 g/mol. The molecule has 0 aliphatic rings. The lowest BCUT2D eigenvalue weighted by atomic mass is 10.0. The van der Waals surface area contributed by atoms with E-state index in [-0.39, 0.29) is 24.2 Å². The number of halogens is 2. The van der Waals surface area contributed by atoms with Crippen molar-refractivity contribution in [1.29, 1.82) is 0 Å². The van der Waals surface area contributed by atoms with E-state index in [4.69, 9.17) is 10.5 Å². The summed E-state index contributed by atoms with van der Waals surface area (Å²) in [4.78, 5) is 0. The van der Waals surface area contributed by atoms with Gasteiger partial charge in [-0.25, -0.2) is 0 Å².